The fourth-order valence-corrected chi connectivity index (χ4v) is 4.50. The fraction of sp³-hybridized carbons (Fsp3) is 0.0909. The normalized spacial score (nSPS) is 15.2. The molecule has 0 radical (unpaired) electrons. The summed E-state index contributed by atoms with van der Waals surface area (Å²) in [5.74, 6) is 2.21. The molecule has 1 amide bonds. The maximum absolute atomic E-state index is 13.1. The van der Waals surface area contributed by atoms with Gasteiger partial charge in [0.25, 0.3) is 5.91 Å². The van der Waals surface area contributed by atoms with Crippen LogP contribution < -0.4 is 14.4 Å². The molecule has 8 heteroatoms. The number of rotatable bonds is 5. The smallest absolute Gasteiger partial charge is 0.271 e. The molecule has 3 aromatic rings. The van der Waals surface area contributed by atoms with Crippen LogP contribution in [0.4, 0.5) is 5.69 Å². The quantitative estimate of drug-likeness (QED) is 0.309. The van der Waals surface area contributed by atoms with Gasteiger partial charge in [-0.2, -0.15) is 0 Å². The van der Waals surface area contributed by atoms with Crippen molar-refractivity contribution in [2.45, 2.75) is 0 Å². The van der Waals surface area contributed by atoms with Crippen LogP contribution in [0.15, 0.2) is 68.4 Å². The second-order valence-corrected chi connectivity index (χ2v) is 8.86. The Morgan fingerprint density at radius 1 is 1.07 bits per heavy atom. The van der Waals surface area contributed by atoms with E-state index < -0.39 is 0 Å². The van der Waals surface area contributed by atoms with Gasteiger partial charge >= 0.3 is 0 Å². The third kappa shape index (κ3) is 4.03. The van der Waals surface area contributed by atoms with E-state index in [-0.39, 0.29) is 5.91 Å². The molecule has 0 aliphatic carbocycles. The monoisotopic (exact) mass is 501 g/mol. The number of carbonyl (C=O) groups is 1. The van der Waals surface area contributed by atoms with Crippen LogP contribution in [0.3, 0.4) is 0 Å². The average molecular weight is 502 g/mol. The summed E-state index contributed by atoms with van der Waals surface area (Å²) >= 11 is 10.1. The molecule has 30 heavy (non-hydrogen) atoms. The molecular formula is C22H16BrNO4S2. The Hall–Kier alpha value is -2.55. The molecule has 1 fully saturated rings. The number of thiocarbonyl (C=S) groups is 1. The highest BCUT2D eigenvalue weighted by Gasteiger charge is 2.35. The number of methoxy groups -OCH3 is 2. The highest BCUT2D eigenvalue weighted by atomic mass is 79.9. The highest BCUT2D eigenvalue weighted by molar-refractivity contribution is 9.10. The Kier molecular flexibility index (Phi) is 5.99. The van der Waals surface area contributed by atoms with Crippen LogP contribution in [-0.4, -0.2) is 24.4 Å². The number of ether oxygens (including phenoxy) is 2. The molecule has 152 valence electrons. The second-order valence-electron chi connectivity index (χ2n) is 6.26. The first-order valence-electron chi connectivity index (χ1n) is 8.86. The third-order valence-corrected chi connectivity index (χ3v) is 6.28. The summed E-state index contributed by atoms with van der Waals surface area (Å²) in [7, 11) is 3.11. The van der Waals surface area contributed by atoms with Crippen molar-refractivity contribution in [2.24, 2.45) is 0 Å². The molecule has 0 spiro atoms. The van der Waals surface area contributed by atoms with Crippen molar-refractivity contribution in [3.05, 3.63) is 69.7 Å². The van der Waals surface area contributed by atoms with Crippen molar-refractivity contribution in [1.82, 2.24) is 0 Å². The molecule has 0 bridgehead atoms. The zero-order valence-corrected chi connectivity index (χ0v) is 19.3. The summed E-state index contributed by atoms with van der Waals surface area (Å²) in [6.45, 7) is 0. The van der Waals surface area contributed by atoms with Crippen LogP contribution in [0.5, 0.6) is 11.5 Å². The number of hydrogen-bond donors (Lipinski definition) is 0. The zero-order chi connectivity index (χ0) is 21.3. The summed E-state index contributed by atoms with van der Waals surface area (Å²) in [5, 5.41) is 0. The maximum atomic E-state index is 13.1. The van der Waals surface area contributed by atoms with E-state index in [0.717, 1.165) is 15.8 Å². The SMILES string of the molecule is COc1ccc(N2C(=O)/C(=C\c3ccc(-c4ccc(Br)cc4)o3)SC2=S)c(OC)c1. The van der Waals surface area contributed by atoms with Gasteiger partial charge < -0.3 is 13.9 Å². The Labute approximate surface area is 191 Å². The number of furan rings is 1. The summed E-state index contributed by atoms with van der Waals surface area (Å²) < 4.78 is 18.0. The van der Waals surface area contributed by atoms with E-state index in [0.29, 0.717) is 32.2 Å². The first kappa shape index (κ1) is 20.7. The molecule has 1 saturated heterocycles. The van der Waals surface area contributed by atoms with Gasteiger partial charge in [0.15, 0.2) is 4.32 Å². The van der Waals surface area contributed by atoms with Gasteiger partial charge in [0, 0.05) is 22.2 Å². The minimum absolute atomic E-state index is 0.227. The topological polar surface area (TPSA) is 51.9 Å². The molecule has 1 aromatic heterocycles. The van der Waals surface area contributed by atoms with Crippen molar-refractivity contribution in [3.63, 3.8) is 0 Å². The average Bonchev–Trinajstić information content (AvgIpc) is 3.32. The van der Waals surface area contributed by atoms with Gasteiger partial charge in [0.1, 0.15) is 23.0 Å². The van der Waals surface area contributed by atoms with Gasteiger partial charge in [0.2, 0.25) is 0 Å². The van der Waals surface area contributed by atoms with Crippen molar-refractivity contribution >= 4 is 61.9 Å². The summed E-state index contributed by atoms with van der Waals surface area (Å²) in [4.78, 5) is 15.0. The Morgan fingerprint density at radius 2 is 1.83 bits per heavy atom. The van der Waals surface area contributed by atoms with E-state index in [1.807, 2.05) is 36.4 Å². The summed E-state index contributed by atoms with van der Waals surface area (Å²) in [5.41, 5.74) is 1.52. The molecule has 0 saturated carbocycles. The lowest BCUT2D eigenvalue weighted by Gasteiger charge is -2.18. The minimum Gasteiger partial charge on any atom is -0.497 e. The second kappa shape index (κ2) is 8.67. The maximum Gasteiger partial charge on any atom is 0.271 e. The number of hydrogen-bond acceptors (Lipinski definition) is 6. The molecule has 5 nitrogen and oxygen atoms in total. The van der Waals surface area contributed by atoms with Gasteiger partial charge in [0.05, 0.1) is 24.8 Å². The molecule has 0 unspecified atom stereocenters. The van der Waals surface area contributed by atoms with Crippen LogP contribution >= 0.6 is 39.9 Å². The van der Waals surface area contributed by atoms with Crippen LogP contribution in [0.25, 0.3) is 17.4 Å². The van der Waals surface area contributed by atoms with Gasteiger partial charge in [-0.1, -0.05) is 52.0 Å². The number of thioether (sulfide) groups is 1. The van der Waals surface area contributed by atoms with E-state index in [2.05, 4.69) is 15.9 Å². The number of nitrogens with zero attached hydrogens (tertiary/aromatic N) is 1. The Bertz CT molecular complexity index is 1150. The zero-order valence-electron chi connectivity index (χ0n) is 16.0. The first-order chi connectivity index (χ1) is 14.5. The number of halogens is 1. The van der Waals surface area contributed by atoms with Crippen molar-refractivity contribution in [3.8, 4) is 22.8 Å². The van der Waals surface area contributed by atoms with Crippen molar-refractivity contribution in [1.29, 1.82) is 0 Å². The third-order valence-electron chi connectivity index (χ3n) is 4.45. The van der Waals surface area contributed by atoms with Crippen molar-refractivity contribution in [2.75, 3.05) is 19.1 Å². The largest absolute Gasteiger partial charge is 0.497 e. The van der Waals surface area contributed by atoms with Crippen LogP contribution in [-0.2, 0) is 4.79 Å². The molecule has 2 aromatic carbocycles. The molecule has 1 aliphatic rings. The lowest BCUT2D eigenvalue weighted by atomic mass is 10.2. The molecule has 1 aliphatic heterocycles. The van der Waals surface area contributed by atoms with Gasteiger partial charge in [-0.3, -0.25) is 9.69 Å². The molecule has 4 rings (SSSR count). The van der Waals surface area contributed by atoms with Crippen LogP contribution in [0.2, 0.25) is 0 Å². The summed E-state index contributed by atoms with van der Waals surface area (Å²) in [6.07, 6.45) is 1.71. The predicted molar refractivity (Wildman–Crippen MR) is 127 cm³/mol. The van der Waals surface area contributed by atoms with E-state index in [1.54, 1.807) is 31.4 Å². The van der Waals surface area contributed by atoms with E-state index in [4.69, 9.17) is 26.1 Å². The molecule has 2 heterocycles. The fourth-order valence-electron chi connectivity index (χ4n) is 2.97. The molecule has 0 N–H and O–H groups in total. The number of carbonyl (C=O) groups excluding carboxylic acids is 1. The Morgan fingerprint density at radius 3 is 2.53 bits per heavy atom. The lowest BCUT2D eigenvalue weighted by Crippen LogP contribution is -2.27. The molecular weight excluding hydrogens is 486 g/mol. The first-order valence-corrected chi connectivity index (χ1v) is 10.9. The lowest BCUT2D eigenvalue weighted by molar-refractivity contribution is -0.113. The minimum atomic E-state index is -0.227. The standard InChI is InChI=1S/C22H16BrNO4S2/c1-26-15-7-9-17(19(11-15)27-2)24-21(25)20(30-22(24)29)12-16-8-10-18(28-16)13-3-5-14(23)6-4-13/h3-12H,1-2H3/b20-12+. The molecule has 0 atom stereocenters. The summed E-state index contributed by atoms with van der Waals surface area (Å²) in [6, 6.07) is 16.8. The van der Waals surface area contributed by atoms with Gasteiger partial charge in [-0.25, -0.2) is 0 Å². The van der Waals surface area contributed by atoms with Crippen LogP contribution in [0.1, 0.15) is 5.76 Å². The predicted octanol–water partition coefficient (Wildman–Crippen LogP) is 6.13. The highest BCUT2D eigenvalue weighted by Crippen LogP contribution is 2.41. The van der Waals surface area contributed by atoms with Gasteiger partial charge in [-0.05, 0) is 36.4 Å². The van der Waals surface area contributed by atoms with E-state index in [9.17, 15) is 4.79 Å². The Balaban J connectivity index is 1.62. The number of benzene rings is 2. The van der Waals surface area contributed by atoms with Gasteiger partial charge in [-0.15, -0.1) is 0 Å². The number of anilines is 1. The number of amides is 1. The van der Waals surface area contributed by atoms with E-state index in [1.165, 1.54) is 23.8 Å². The van der Waals surface area contributed by atoms with Crippen molar-refractivity contribution < 1.29 is 18.7 Å². The van der Waals surface area contributed by atoms with E-state index >= 15 is 0 Å². The van der Waals surface area contributed by atoms with Crippen LogP contribution in [0, 0.1) is 0 Å².